The van der Waals surface area contributed by atoms with Crippen LogP contribution in [0.5, 0.6) is 0 Å². The Morgan fingerprint density at radius 1 is 1.08 bits per heavy atom. The van der Waals surface area contributed by atoms with Crippen LogP contribution in [0.3, 0.4) is 0 Å². The quantitative estimate of drug-likeness (QED) is 0.531. The molecule has 0 aromatic carbocycles. The molecule has 1 aliphatic heterocycles. The van der Waals surface area contributed by atoms with Crippen molar-refractivity contribution in [2.24, 2.45) is 0 Å². The van der Waals surface area contributed by atoms with Gasteiger partial charge in [-0.15, -0.1) is 0 Å². The molecule has 6 nitrogen and oxygen atoms in total. The highest BCUT2D eigenvalue weighted by Gasteiger charge is 2.42. The van der Waals surface area contributed by atoms with Crippen LogP contribution in [0.1, 0.15) is 0 Å². The molecule has 1 radical (unpaired) electrons. The van der Waals surface area contributed by atoms with Crippen molar-refractivity contribution < 1.29 is 28.5 Å². The highest BCUT2D eigenvalue weighted by atomic mass is 16.7. The lowest BCUT2D eigenvalue weighted by atomic mass is 10.2. The number of esters is 2. The molecule has 1 saturated heterocycles. The Bertz CT molecular complexity index is 191. The Balaban J connectivity index is 2.63. The summed E-state index contributed by atoms with van der Waals surface area (Å²) < 4.78 is 18.2. The molecule has 2 atom stereocenters. The summed E-state index contributed by atoms with van der Waals surface area (Å²) in [5.41, 5.74) is 0. The molecule has 0 N–H and O–H groups in total. The van der Waals surface area contributed by atoms with Crippen LogP contribution in [0.25, 0.3) is 0 Å². The minimum absolute atomic E-state index is 0.677. The van der Waals surface area contributed by atoms with Crippen LogP contribution in [0.15, 0.2) is 0 Å². The van der Waals surface area contributed by atoms with Crippen LogP contribution in [-0.2, 0) is 28.5 Å². The van der Waals surface area contributed by atoms with Crippen molar-refractivity contribution in [1.29, 1.82) is 0 Å². The van der Waals surface area contributed by atoms with E-state index in [1.54, 1.807) is 0 Å². The van der Waals surface area contributed by atoms with Crippen molar-refractivity contribution in [3.05, 3.63) is 6.79 Å². The normalized spacial score (nSPS) is 26.9. The molecule has 73 valence electrons. The highest BCUT2D eigenvalue weighted by Crippen LogP contribution is 2.18. The van der Waals surface area contributed by atoms with Crippen molar-refractivity contribution in [3.8, 4) is 0 Å². The fraction of sp³-hybridized carbons (Fsp3) is 0.571. The van der Waals surface area contributed by atoms with Gasteiger partial charge in [0.15, 0.2) is 12.2 Å². The van der Waals surface area contributed by atoms with E-state index in [2.05, 4.69) is 9.47 Å². The molecule has 0 aromatic heterocycles. The van der Waals surface area contributed by atoms with E-state index in [1.165, 1.54) is 14.2 Å². The first-order valence-electron chi connectivity index (χ1n) is 3.49. The van der Waals surface area contributed by atoms with Gasteiger partial charge in [0.25, 0.3) is 0 Å². The fourth-order valence-corrected chi connectivity index (χ4v) is 0.885. The molecule has 0 amide bonds. The Labute approximate surface area is 74.7 Å². The summed E-state index contributed by atoms with van der Waals surface area (Å²) in [4.78, 5) is 22.0. The summed E-state index contributed by atoms with van der Waals surface area (Å²) in [6, 6.07) is 0. The highest BCUT2D eigenvalue weighted by molar-refractivity contribution is 5.86. The lowest BCUT2D eigenvalue weighted by Gasteiger charge is -2.11. The third kappa shape index (κ3) is 1.96. The molecule has 0 bridgehead atoms. The van der Waals surface area contributed by atoms with Crippen molar-refractivity contribution in [1.82, 2.24) is 0 Å². The van der Waals surface area contributed by atoms with E-state index in [0.717, 1.165) is 6.79 Å². The molecule has 1 aliphatic rings. The lowest BCUT2D eigenvalue weighted by molar-refractivity contribution is -0.160. The monoisotopic (exact) mass is 189 g/mol. The number of hydrogen-bond acceptors (Lipinski definition) is 6. The maximum atomic E-state index is 11.0. The summed E-state index contributed by atoms with van der Waals surface area (Å²) in [6.45, 7) is 0.920. The number of rotatable bonds is 2. The molecule has 0 unspecified atom stereocenters. The van der Waals surface area contributed by atoms with E-state index >= 15 is 0 Å². The number of ether oxygens (including phenoxy) is 4. The average molecular weight is 189 g/mol. The third-order valence-electron chi connectivity index (χ3n) is 1.55. The number of methoxy groups -OCH3 is 2. The van der Waals surface area contributed by atoms with Crippen molar-refractivity contribution in [2.45, 2.75) is 12.2 Å². The molecule has 0 aliphatic carbocycles. The lowest BCUT2D eigenvalue weighted by Crippen LogP contribution is -2.38. The molecule has 0 spiro atoms. The minimum atomic E-state index is -1.07. The molecule has 1 rings (SSSR count). The van der Waals surface area contributed by atoms with Crippen LogP contribution >= 0.6 is 0 Å². The Morgan fingerprint density at radius 2 is 1.46 bits per heavy atom. The van der Waals surface area contributed by atoms with Crippen molar-refractivity contribution in [3.63, 3.8) is 0 Å². The zero-order chi connectivity index (χ0) is 9.84. The van der Waals surface area contributed by atoms with E-state index in [-0.39, 0.29) is 0 Å². The largest absolute Gasteiger partial charge is 0.467 e. The Morgan fingerprint density at radius 3 is 1.77 bits per heavy atom. The molecular weight excluding hydrogens is 180 g/mol. The van der Waals surface area contributed by atoms with Crippen LogP contribution in [0.2, 0.25) is 0 Å². The molecule has 6 heteroatoms. The van der Waals surface area contributed by atoms with Crippen molar-refractivity contribution in [2.75, 3.05) is 14.2 Å². The SMILES string of the molecule is COC(=O)[C@@H]1O[CH]O[C@H]1C(=O)OC. The van der Waals surface area contributed by atoms with E-state index in [9.17, 15) is 9.59 Å². The maximum absolute atomic E-state index is 11.0. The van der Waals surface area contributed by atoms with Crippen LogP contribution in [0, 0.1) is 6.79 Å². The predicted molar refractivity (Wildman–Crippen MR) is 38.1 cm³/mol. The average Bonchev–Trinajstić information content (AvgIpc) is 2.63. The number of carbonyl (C=O) groups excluding carboxylic acids is 2. The first-order chi connectivity index (χ1) is 6.20. The third-order valence-corrected chi connectivity index (χ3v) is 1.55. The Hall–Kier alpha value is -1.14. The number of hydrogen-bond donors (Lipinski definition) is 0. The first kappa shape index (κ1) is 9.94. The van der Waals surface area contributed by atoms with Crippen LogP contribution in [0.4, 0.5) is 0 Å². The van der Waals surface area contributed by atoms with Crippen LogP contribution < -0.4 is 0 Å². The van der Waals surface area contributed by atoms with Crippen molar-refractivity contribution >= 4 is 11.9 Å². The van der Waals surface area contributed by atoms with Gasteiger partial charge < -0.3 is 18.9 Å². The summed E-state index contributed by atoms with van der Waals surface area (Å²) >= 11 is 0. The second-order valence-electron chi connectivity index (χ2n) is 2.26. The second kappa shape index (κ2) is 4.20. The van der Waals surface area contributed by atoms with E-state index in [1.807, 2.05) is 0 Å². The maximum Gasteiger partial charge on any atom is 0.338 e. The molecular formula is C7H9O6. The van der Waals surface area contributed by atoms with Crippen LogP contribution in [-0.4, -0.2) is 38.4 Å². The molecule has 0 saturated carbocycles. The fourth-order valence-electron chi connectivity index (χ4n) is 0.885. The standard InChI is InChI=1S/C7H9O6/c1-10-6(8)4-5(7(9)11-2)13-3-12-4/h3-5H,1-2H3/t4-,5-/m1/s1. The van der Waals surface area contributed by atoms with Gasteiger partial charge in [-0.05, 0) is 0 Å². The van der Waals surface area contributed by atoms with Gasteiger partial charge in [-0.2, -0.15) is 0 Å². The summed E-state index contributed by atoms with van der Waals surface area (Å²) in [6.07, 6.45) is -2.14. The second-order valence-corrected chi connectivity index (χ2v) is 2.26. The van der Waals surface area contributed by atoms with Gasteiger partial charge in [0, 0.05) is 0 Å². The first-order valence-corrected chi connectivity index (χ1v) is 3.49. The Kier molecular flexibility index (Phi) is 3.21. The zero-order valence-corrected chi connectivity index (χ0v) is 7.18. The van der Waals surface area contributed by atoms with E-state index < -0.39 is 24.1 Å². The van der Waals surface area contributed by atoms with Gasteiger partial charge in [0.1, 0.15) is 0 Å². The molecule has 1 heterocycles. The van der Waals surface area contributed by atoms with Gasteiger partial charge in [-0.25, -0.2) is 9.59 Å². The van der Waals surface area contributed by atoms with E-state index in [4.69, 9.17) is 9.47 Å². The van der Waals surface area contributed by atoms with Gasteiger partial charge in [0.2, 0.25) is 6.79 Å². The van der Waals surface area contributed by atoms with Gasteiger partial charge in [-0.1, -0.05) is 0 Å². The van der Waals surface area contributed by atoms with E-state index in [0.29, 0.717) is 0 Å². The molecule has 1 fully saturated rings. The summed E-state index contributed by atoms with van der Waals surface area (Å²) in [5.74, 6) is -1.35. The molecule has 13 heavy (non-hydrogen) atoms. The predicted octanol–water partition coefficient (Wildman–Crippen LogP) is -0.764. The summed E-state index contributed by atoms with van der Waals surface area (Å²) in [5, 5.41) is 0. The smallest absolute Gasteiger partial charge is 0.338 e. The zero-order valence-electron chi connectivity index (χ0n) is 7.18. The van der Waals surface area contributed by atoms with Gasteiger partial charge in [0.05, 0.1) is 14.2 Å². The summed E-state index contributed by atoms with van der Waals surface area (Å²) in [7, 11) is 2.39. The topological polar surface area (TPSA) is 71.1 Å². The van der Waals surface area contributed by atoms with Gasteiger partial charge >= 0.3 is 11.9 Å². The van der Waals surface area contributed by atoms with Gasteiger partial charge in [-0.3, -0.25) is 0 Å². The minimum Gasteiger partial charge on any atom is -0.467 e. The number of carbonyl (C=O) groups is 2. The molecule has 0 aromatic rings.